The van der Waals surface area contributed by atoms with E-state index in [2.05, 4.69) is 31.2 Å². The number of ether oxygens (including phenoxy) is 1. The molecule has 5 heteroatoms. The van der Waals surface area contributed by atoms with E-state index in [0.717, 1.165) is 15.8 Å². The molecule has 0 aliphatic carbocycles. The maximum atomic E-state index is 5.72. The molecule has 0 bridgehead atoms. The van der Waals surface area contributed by atoms with Gasteiger partial charge < -0.3 is 10.1 Å². The summed E-state index contributed by atoms with van der Waals surface area (Å²) in [5.41, 5.74) is 0.926. The molecular weight excluding hydrogens is 282 g/mol. The van der Waals surface area contributed by atoms with Crippen LogP contribution in [0.1, 0.15) is 5.56 Å². The fourth-order valence-electron chi connectivity index (χ4n) is 1.39. The third-order valence-corrected chi connectivity index (χ3v) is 2.62. The smallest absolute Gasteiger partial charge is 0.226 e. The molecule has 1 heterocycles. The molecule has 17 heavy (non-hydrogen) atoms. The van der Waals surface area contributed by atoms with Crippen molar-refractivity contribution >= 4 is 15.9 Å². The number of nitrogens with zero attached hydrogens (tertiary/aromatic N) is 2. The number of halogens is 1. The van der Waals surface area contributed by atoms with Crippen molar-refractivity contribution in [2.75, 3.05) is 7.05 Å². The second-order valence-electron chi connectivity index (χ2n) is 3.44. The van der Waals surface area contributed by atoms with Gasteiger partial charge in [0, 0.05) is 22.8 Å². The van der Waals surface area contributed by atoms with Gasteiger partial charge in [-0.3, -0.25) is 0 Å². The first-order chi connectivity index (χ1) is 8.29. The highest BCUT2D eigenvalue weighted by Crippen LogP contribution is 2.24. The van der Waals surface area contributed by atoms with Crippen molar-refractivity contribution in [3.05, 3.63) is 46.8 Å². The van der Waals surface area contributed by atoms with Gasteiger partial charge >= 0.3 is 0 Å². The summed E-state index contributed by atoms with van der Waals surface area (Å²) in [5.74, 6) is 1.32. The van der Waals surface area contributed by atoms with E-state index in [0.29, 0.717) is 12.4 Å². The summed E-state index contributed by atoms with van der Waals surface area (Å²) >= 11 is 3.40. The first kappa shape index (κ1) is 12.0. The molecular formula is C12H12BrN3O. The van der Waals surface area contributed by atoms with E-state index in [1.165, 1.54) is 6.33 Å². The first-order valence-corrected chi connectivity index (χ1v) is 5.96. The highest BCUT2D eigenvalue weighted by molar-refractivity contribution is 9.10. The van der Waals surface area contributed by atoms with Crippen LogP contribution in [-0.4, -0.2) is 17.0 Å². The van der Waals surface area contributed by atoms with Gasteiger partial charge in [0.15, 0.2) is 0 Å². The van der Waals surface area contributed by atoms with E-state index in [-0.39, 0.29) is 0 Å². The Kier molecular flexibility index (Phi) is 4.06. The van der Waals surface area contributed by atoms with E-state index in [1.54, 1.807) is 6.20 Å². The molecule has 0 saturated carbocycles. The van der Waals surface area contributed by atoms with Gasteiger partial charge in [-0.15, -0.1) is 0 Å². The number of nitrogens with one attached hydrogen (secondary N) is 1. The SMILES string of the molecule is CNCc1cncnc1Oc1cccc(Br)c1. The molecule has 0 spiro atoms. The quantitative estimate of drug-likeness (QED) is 0.942. The number of benzene rings is 1. The van der Waals surface area contributed by atoms with E-state index in [9.17, 15) is 0 Å². The predicted octanol–water partition coefficient (Wildman–Crippen LogP) is 2.75. The minimum Gasteiger partial charge on any atom is -0.439 e. The minimum absolute atomic E-state index is 0.576. The van der Waals surface area contributed by atoms with Crippen molar-refractivity contribution in [2.45, 2.75) is 6.54 Å². The average Bonchev–Trinajstić information content (AvgIpc) is 2.32. The van der Waals surface area contributed by atoms with Gasteiger partial charge in [0.05, 0.1) is 0 Å². The fourth-order valence-corrected chi connectivity index (χ4v) is 1.77. The van der Waals surface area contributed by atoms with Crippen LogP contribution in [0.3, 0.4) is 0 Å². The Labute approximate surface area is 108 Å². The zero-order valence-electron chi connectivity index (χ0n) is 9.35. The van der Waals surface area contributed by atoms with Crippen LogP contribution in [0.15, 0.2) is 41.3 Å². The van der Waals surface area contributed by atoms with Crippen molar-refractivity contribution in [1.82, 2.24) is 15.3 Å². The van der Waals surface area contributed by atoms with Crippen molar-refractivity contribution in [3.63, 3.8) is 0 Å². The average molecular weight is 294 g/mol. The molecule has 0 fully saturated rings. The van der Waals surface area contributed by atoms with E-state index >= 15 is 0 Å². The molecule has 1 aromatic carbocycles. The van der Waals surface area contributed by atoms with Crippen LogP contribution in [-0.2, 0) is 6.54 Å². The van der Waals surface area contributed by atoms with Gasteiger partial charge in [-0.2, -0.15) is 0 Å². The summed E-state index contributed by atoms with van der Waals surface area (Å²) in [5, 5.41) is 3.05. The lowest BCUT2D eigenvalue weighted by Gasteiger charge is -2.08. The van der Waals surface area contributed by atoms with Crippen LogP contribution in [0.2, 0.25) is 0 Å². The number of aromatic nitrogens is 2. The van der Waals surface area contributed by atoms with Crippen molar-refractivity contribution in [1.29, 1.82) is 0 Å². The molecule has 4 nitrogen and oxygen atoms in total. The highest BCUT2D eigenvalue weighted by Gasteiger charge is 2.05. The Bertz CT molecular complexity index is 505. The lowest BCUT2D eigenvalue weighted by molar-refractivity contribution is 0.452. The van der Waals surface area contributed by atoms with Gasteiger partial charge in [-0.1, -0.05) is 22.0 Å². The molecule has 1 N–H and O–H groups in total. The molecule has 0 aliphatic heterocycles. The van der Waals surface area contributed by atoms with Gasteiger partial charge in [0.1, 0.15) is 12.1 Å². The molecule has 2 aromatic rings. The number of hydrogen-bond acceptors (Lipinski definition) is 4. The molecule has 2 rings (SSSR count). The van der Waals surface area contributed by atoms with Gasteiger partial charge in [0.2, 0.25) is 5.88 Å². The first-order valence-electron chi connectivity index (χ1n) is 5.16. The Morgan fingerprint density at radius 3 is 3.06 bits per heavy atom. The highest BCUT2D eigenvalue weighted by atomic mass is 79.9. The maximum absolute atomic E-state index is 5.72. The fraction of sp³-hybridized carbons (Fsp3) is 0.167. The Balaban J connectivity index is 2.23. The molecule has 0 atom stereocenters. The third-order valence-electron chi connectivity index (χ3n) is 2.12. The summed E-state index contributed by atoms with van der Waals surface area (Å²) in [4.78, 5) is 8.12. The Hall–Kier alpha value is -1.46. The number of rotatable bonds is 4. The molecule has 0 radical (unpaired) electrons. The molecule has 88 valence electrons. The second kappa shape index (κ2) is 5.75. The van der Waals surface area contributed by atoms with Gasteiger partial charge in [0.25, 0.3) is 0 Å². The normalized spacial score (nSPS) is 10.2. The molecule has 1 aromatic heterocycles. The summed E-state index contributed by atoms with van der Waals surface area (Å²) < 4.78 is 6.69. The van der Waals surface area contributed by atoms with Crippen LogP contribution in [0, 0.1) is 0 Å². The Morgan fingerprint density at radius 1 is 1.41 bits per heavy atom. The third kappa shape index (κ3) is 3.25. The standard InChI is InChI=1S/C12H12BrN3O/c1-14-6-9-7-15-8-16-12(9)17-11-4-2-3-10(13)5-11/h2-5,7-8,14H,6H2,1H3. The lowest BCUT2D eigenvalue weighted by atomic mass is 10.3. The van der Waals surface area contributed by atoms with E-state index in [4.69, 9.17) is 4.74 Å². The van der Waals surface area contributed by atoms with Crippen LogP contribution >= 0.6 is 15.9 Å². The molecule has 0 amide bonds. The summed E-state index contributed by atoms with van der Waals surface area (Å²) in [6.45, 7) is 0.671. The minimum atomic E-state index is 0.576. The molecule has 0 unspecified atom stereocenters. The molecule has 0 saturated heterocycles. The van der Waals surface area contributed by atoms with Crippen molar-refractivity contribution < 1.29 is 4.74 Å². The number of hydrogen-bond donors (Lipinski definition) is 1. The van der Waals surface area contributed by atoms with Crippen LogP contribution < -0.4 is 10.1 Å². The topological polar surface area (TPSA) is 47.0 Å². The molecule has 0 aliphatic rings. The van der Waals surface area contributed by atoms with Crippen LogP contribution in [0.5, 0.6) is 11.6 Å². The second-order valence-corrected chi connectivity index (χ2v) is 4.36. The summed E-state index contributed by atoms with van der Waals surface area (Å²) in [6, 6.07) is 7.64. The predicted molar refractivity (Wildman–Crippen MR) is 69.0 cm³/mol. The largest absolute Gasteiger partial charge is 0.439 e. The lowest BCUT2D eigenvalue weighted by Crippen LogP contribution is -2.07. The van der Waals surface area contributed by atoms with Crippen molar-refractivity contribution in [2.24, 2.45) is 0 Å². The Morgan fingerprint density at radius 2 is 2.29 bits per heavy atom. The summed E-state index contributed by atoms with van der Waals surface area (Å²) in [6.07, 6.45) is 3.23. The maximum Gasteiger partial charge on any atom is 0.226 e. The van der Waals surface area contributed by atoms with Gasteiger partial charge in [-0.05, 0) is 25.2 Å². The zero-order valence-corrected chi connectivity index (χ0v) is 10.9. The van der Waals surface area contributed by atoms with Gasteiger partial charge in [-0.25, -0.2) is 9.97 Å². The van der Waals surface area contributed by atoms with E-state index in [1.807, 2.05) is 31.3 Å². The monoisotopic (exact) mass is 293 g/mol. The van der Waals surface area contributed by atoms with Crippen molar-refractivity contribution in [3.8, 4) is 11.6 Å². The summed E-state index contributed by atoms with van der Waals surface area (Å²) in [7, 11) is 1.87. The van der Waals surface area contributed by atoms with Crippen LogP contribution in [0.25, 0.3) is 0 Å². The zero-order chi connectivity index (χ0) is 12.1. The van der Waals surface area contributed by atoms with E-state index < -0.39 is 0 Å². The van der Waals surface area contributed by atoms with Crippen LogP contribution in [0.4, 0.5) is 0 Å².